The number of aryl methyl sites for hydroxylation is 1. The molecule has 6 aromatic rings. The van der Waals surface area contributed by atoms with Crippen molar-refractivity contribution in [2.45, 2.75) is 17.6 Å². The van der Waals surface area contributed by atoms with Crippen molar-refractivity contribution in [2.75, 3.05) is 18.5 Å². The Kier molecular flexibility index (Phi) is 8.17. The van der Waals surface area contributed by atoms with E-state index in [1.165, 1.54) is 45.1 Å². The molecular weight excluding hydrogens is 640 g/mol. The summed E-state index contributed by atoms with van der Waals surface area (Å²) in [6, 6.07) is 16.7. The normalized spacial score (nSPS) is 12.0. The average molecular weight is 666 g/mol. The SMILES string of the molecule is COc1ccc(CN(c2ncns2)S(=O)(=O)c2ccc3c(-c4ccc(C(F)(F)F)cc4-c4ccncc4)cn(C)c3c2)c(OC)c1. The van der Waals surface area contributed by atoms with E-state index in [1.54, 1.807) is 60.3 Å². The zero-order valence-electron chi connectivity index (χ0n) is 24.7. The molecule has 0 aliphatic heterocycles. The number of sulfonamides is 1. The Hall–Kier alpha value is -4.95. The van der Waals surface area contributed by atoms with Crippen LogP contribution in [0.2, 0.25) is 0 Å². The van der Waals surface area contributed by atoms with Crippen LogP contribution in [0, 0.1) is 0 Å². The van der Waals surface area contributed by atoms with E-state index in [0.717, 1.165) is 28.0 Å². The summed E-state index contributed by atoms with van der Waals surface area (Å²) < 4.78 is 87.3. The van der Waals surface area contributed by atoms with Gasteiger partial charge in [0.05, 0.1) is 31.2 Å². The zero-order chi connectivity index (χ0) is 32.6. The summed E-state index contributed by atoms with van der Waals surface area (Å²) in [7, 11) is 0.571. The molecule has 0 saturated carbocycles. The highest BCUT2D eigenvalue weighted by Crippen LogP contribution is 2.41. The third-order valence-electron chi connectivity index (χ3n) is 7.55. The zero-order valence-corrected chi connectivity index (χ0v) is 26.3. The highest BCUT2D eigenvalue weighted by molar-refractivity contribution is 7.93. The molecule has 0 aliphatic carbocycles. The number of nitrogens with zero attached hydrogens (tertiary/aromatic N) is 5. The molecule has 3 aromatic carbocycles. The van der Waals surface area contributed by atoms with Crippen LogP contribution in [0.4, 0.5) is 18.3 Å². The lowest BCUT2D eigenvalue weighted by Gasteiger charge is -2.23. The average Bonchev–Trinajstić information content (AvgIpc) is 3.71. The summed E-state index contributed by atoms with van der Waals surface area (Å²) in [5.74, 6) is 0.990. The van der Waals surface area contributed by atoms with E-state index in [4.69, 9.17) is 9.47 Å². The van der Waals surface area contributed by atoms with Crippen LogP contribution in [0.25, 0.3) is 33.2 Å². The maximum atomic E-state index is 14.2. The van der Waals surface area contributed by atoms with Crippen molar-refractivity contribution in [2.24, 2.45) is 7.05 Å². The van der Waals surface area contributed by atoms with Gasteiger partial charge in [0.1, 0.15) is 17.8 Å². The molecule has 0 atom stereocenters. The van der Waals surface area contributed by atoms with Gasteiger partial charge in [-0.3, -0.25) is 4.98 Å². The fraction of sp³-hybridized carbons (Fsp3) is 0.156. The van der Waals surface area contributed by atoms with E-state index in [2.05, 4.69) is 14.3 Å². The molecule has 46 heavy (non-hydrogen) atoms. The third kappa shape index (κ3) is 5.76. The summed E-state index contributed by atoms with van der Waals surface area (Å²) in [6.07, 6.45) is 1.57. The van der Waals surface area contributed by atoms with Gasteiger partial charge >= 0.3 is 6.18 Å². The maximum absolute atomic E-state index is 14.2. The fourth-order valence-electron chi connectivity index (χ4n) is 5.26. The predicted molar refractivity (Wildman–Crippen MR) is 169 cm³/mol. The molecule has 0 radical (unpaired) electrons. The molecule has 0 aliphatic rings. The maximum Gasteiger partial charge on any atom is 0.416 e. The van der Waals surface area contributed by atoms with Crippen molar-refractivity contribution in [3.63, 3.8) is 0 Å². The Balaban J connectivity index is 1.45. The number of aromatic nitrogens is 4. The lowest BCUT2D eigenvalue weighted by atomic mass is 9.93. The minimum absolute atomic E-state index is 0.00259. The number of pyridine rings is 1. The van der Waals surface area contributed by atoms with E-state index in [1.807, 2.05) is 0 Å². The molecule has 0 fully saturated rings. The fourth-order valence-corrected chi connectivity index (χ4v) is 7.41. The Labute approximate surface area is 266 Å². The number of benzene rings is 3. The number of ether oxygens (including phenoxy) is 2. The number of rotatable bonds is 9. The second-order valence-electron chi connectivity index (χ2n) is 10.2. The second-order valence-corrected chi connectivity index (χ2v) is 12.9. The number of fused-ring (bicyclic) bond motifs is 1. The van der Waals surface area contributed by atoms with Crippen molar-refractivity contribution in [1.29, 1.82) is 0 Å². The molecule has 0 N–H and O–H groups in total. The molecule has 0 bridgehead atoms. The Morgan fingerprint density at radius 2 is 1.70 bits per heavy atom. The highest BCUT2D eigenvalue weighted by atomic mass is 32.2. The summed E-state index contributed by atoms with van der Waals surface area (Å²) >= 11 is 0.934. The number of anilines is 1. The smallest absolute Gasteiger partial charge is 0.416 e. The summed E-state index contributed by atoms with van der Waals surface area (Å²) in [6.45, 7) is -0.0953. The largest absolute Gasteiger partial charge is 0.497 e. The van der Waals surface area contributed by atoms with Gasteiger partial charge < -0.3 is 14.0 Å². The molecule has 3 heterocycles. The van der Waals surface area contributed by atoms with Crippen molar-refractivity contribution in [3.8, 4) is 33.8 Å². The van der Waals surface area contributed by atoms with Gasteiger partial charge in [0.15, 0.2) is 0 Å². The number of hydrogen-bond donors (Lipinski definition) is 0. The van der Waals surface area contributed by atoms with E-state index in [-0.39, 0.29) is 16.6 Å². The monoisotopic (exact) mass is 665 g/mol. The lowest BCUT2D eigenvalue weighted by molar-refractivity contribution is -0.137. The molecule has 0 saturated heterocycles. The molecule has 14 heteroatoms. The second kappa shape index (κ2) is 12.1. The molecular formula is C32H26F3N5O4S2. The van der Waals surface area contributed by atoms with Gasteiger partial charge in [0.2, 0.25) is 5.13 Å². The number of methoxy groups -OCH3 is 2. The first-order valence-electron chi connectivity index (χ1n) is 13.7. The molecule has 9 nitrogen and oxygen atoms in total. The van der Waals surface area contributed by atoms with Crippen LogP contribution in [-0.4, -0.2) is 41.5 Å². The molecule has 6 rings (SSSR count). The minimum atomic E-state index is -4.53. The summed E-state index contributed by atoms with van der Waals surface area (Å²) in [5, 5.41) is 0.827. The molecule has 0 spiro atoms. The van der Waals surface area contributed by atoms with E-state index in [0.29, 0.717) is 50.2 Å². The van der Waals surface area contributed by atoms with Crippen LogP contribution in [0.3, 0.4) is 0 Å². The highest BCUT2D eigenvalue weighted by Gasteiger charge is 2.32. The molecule has 0 amide bonds. The number of alkyl halides is 3. The number of hydrogen-bond acceptors (Lipinski definition) is 8. The van der Waals surface area contributed by atoms with Crippen molar-refractivity contribution in [1.82, 2.24) is 18.9 Å². The van der Waals surface area contributed by atoms with Crippen LogP contribution in [0.1, 0.15) is 11.1 Å². The van der Waals surface area contributed by atoms with Crippen molar-refractivity contribution in [3.05, 3.63) is 103 Å². The number of halogens is 3. The topological polar surface area (TPSA) is 99.4 Å². The van der Waals surface area contributed by atoms with Crippen LogP contribution in [0.15, 0.2) is 96.5 Å². The van der Waals surface area contributed by atoms with Crippen LogP contribution < -0.4 is 13.8 Å². The van der Waals surface area contributed by atoms with Gasteiger partial charge in [-0.05, 0) is 65.2 Å². The van der Waals surface area contributed by atoms with Crippen LogP contribution in [0.5, 0.6) is 11.5 Å². The van der Waals surface area contributed by atoms with E-state index in [9.17, 15) is 21.6 Å². The van der Waals surface area contributed by atoms with Gasteiger partial charge in [-0.25, -0.2) is 17.7 Å². The first-order chi connectivity index (χ1) is 22.0. The quantitative estimate of drug-likeness (QED) is 0.161. The first kappa shape index (κ1) is 31.0. The molecule has 0 unspecified atom stereocenters. The Morgan fingerprint density at radius 1 is 0.913 bits per heavy atom. The van der Waals surface area contributed by atoms with Crippen LogP contribution in [-0.2, 0) is 29.8 Å². The van der Waals surface area contributed by atoms with E-state index < -0.39 is 21.8 Å². The van der Waals surface area contributed by atoms with Crippen molar-refractivity contribution < 1.29 is 31.1 Å². The minimum Gasteiger partial charge on any atom is -0.497 e. The van der Waals surface area contributed by atoms with E-state index >= 15 is 0 Å². The standard InChI is InChI=1S/C32H26F3N5O4S2/c1-39-18-28(25-8-5-22(32(33,34)35)14-27(25)20-10-12-36-13-11-20)26-9-7-24(16-29(26)39)46(41,42)40(31-37-19-38-45-31)17-21-4-6-23(43-2)15-30(21)44-3/h4-16,18-19H,17H2,1-3H3. The molecule has 3 aromatic heterocycles. The van der Waals surface area contributed by atoms with Crippen LogP contribution >= 0.6 is 11.5 Å². The third-order valence-corrected chi connectivity index (χ3v) is 10.1. The van der Waals surface area contributed by atoms with Gasteiger partial charge in [-0.15, -0.1) is 0 Å². The predicted octanol–water partition coefficient (Wildman–Crippen LogP) is 7.19. The lowest BCUT2D eigenvalue weighted by Crippen LogP contribution is -2.30. The summed E-state index contributed by atoms with van der Waals surface area (Å²) in [4.78, 5) is 8.18. The summed E-state index contributed by atoms with van der Waals surface area (Å²) in [5.41, 5.74) is 2.51. The Bertz CT molecular complexity index is 2140. The van der Waals surface area contributed by atoms with Gasteiger partial charge in [-0.1, -0.05) is 12.1 Å². The first-order valence-corrected chi connectivity index (χ1v) is 15.9. The molecule has 236 valence electrons. The van der Waals surface area contributed by atoms with Gasteiger partial charge in [0, 0.05) is 65.3 Å². The Morgan fingerprint density at radius 3 is 2.37 bits per heavy atom. The van der Waals surface area contributed by atoms with Crippen molar-refractivity contribution >= 4 is 37.6 Å². The van der Waals surface area contributed by atoms with Gasteiger partial charge in [-0.2, -0.15) is 17.5 Å². The van der Waals surface area contributed by atoms with Gasteiger partial charge in [0.25, 0.3) is 10.0 Å².